The van der Waals surface area contributed by atoms with Gasteiger partial charge in [0.1, 0.15) is 5.75 Å². The van der Waals surface area contributed by atoms with Gasteiger partial charge < -0.3 is 19.7 Å². The Morgan fingerprint density at radius 1 is 1.00 bits per heavy atom. The minimum atomic E-state index is -0.620. The summed E-state index contributed by atoms with van der Waals surface area (Å²) in [6.07, 6.45) is 1.96. The number of benzene rings is 2. The van der Waals surface area contributed by atoms with E-state index in [-0.39, 0.29) is 11.8 Å². The molecule has 1 aliphatic heterocycles. The molecule has 1 saturated heterocycles. The molecule has 160 valence electrons. The molecule has 2 amide bonds. The van der Waals surface area contributed by atoms with Gasteiger partial charge in [-0.1, -0.05) is 30.3 Å². The van der Waals surface area contributed by atoms with Crippen LogP contribution in [0.5, 0.6) is 5.75 Å². The maximum atomic E-state index is 13.2. The van der Waals surface area contributed by atoms with Crippen molar-refractivity contribution in [3.05, 3.63) is 65.7 Å². The molecule has 0 bridgehead atoms. The summed E-state index contributed by atoms with van der Waals surface area (Å²) in [6, 6.07) is 17.0. The Labute approximate surface area is 178 Å². The fourth-order valence-corrected chi connectivity index (χ4v) is 4.00. The normalized spacial score (nSPS) is 15.5. The second-order valence-electron chi connectivity index (χ2n) is 7.57. The molecule has 0 unspecified atom stereocenters. The summed E-state index contributed by atoms with van der Waals surface area (Å²) in [5, 5.41) is 3.08. The first-order chi connectivity index (χ1) is 14.6. The maximum absolute atomic E-state index is 13.2. The molecule has 0 spiro atoms. The number of rotatable bonds is 8. The quantitative estimate of drug-likeness (QED) is 0.680. The van der Waals surface area contributed by atoms with Gasteiger partial charge in [-0.2, -0.15) is 0 Å². The molecule has 2 aromatic rings. The molecule has 2 aromatic carbocycles. The topological polar surface area (TPSA) is 67.9 Å². The molecule has 0 radical (unpaired) electrons. The third kappa shape index (κ3) is 4.82. The first-order valence-corrected chi connectivity index (χ1v) is 10.4. The highest BCUT2D eigenvalue weighted by atomic mass is 16.5. The minimum Gasteiger partial charge on any atom is -0.497 e. The number of likely N-dealkylation sites (tertiary alicyclic amines) is 1. The van der Waals surface area contributed by atoms with Crippen LogP contribution in [0, 0.1) is 0 Å². The highest BCUT2D eigenvalue weighted by Gasteiger charge is 2.43. The first-order valence-electron chi connectivity index (χ1n) is 10.4. The Hall–Kier alpha value is -2.86. The number of ether oxygens (including phenoxy) is 2. The zero-order chi connectivity index (χ0) is 21.4. The van der Waals surface area contributed by atoms with Crippen molar-refractivity contribution in [3.8, 4) is 5.75 Å². The summed E-state index contributed by atoms with van der Waals surface area (Å²) in [5.41, 5.74) is 1.02. The van der Waals surface area contributed by atoms with Crippen LogP contribution < -0.4 is 10.1 Å². The number of amides is 2. The molecule has 3 rings (SSSR count). The molecule has 1 N–H and O–H groups in total. The summed E-state index contributed by atoms with van der Waals surface area (Å²) in [4.78, 5) is 28.0. The van der Waals surface area contributed by atoms with Crippen LogP contribution in [0.3, 0.4) is 0 Å². The van der Waals surface area contributed by atoms with Gasteiger partial charge in [-0.25, -0.2) is 0 Å². The molecule has 1 aliphatic rings. The van der Waals surface area contributed by atoms with Gasteiger partial charge in [-0.3, -0.25) is 9.59 Å². The van der Waals surface area contributed by atoms with E-state index in [4.69, 9.17) is 9.47 Å². The van der Waals surface area contributed by atoms with Gasteiger partial charge in [0.25, 0.3) is 5.91 Å². The van der Waals surface area contributed by atoms with Crippen LogP contribution in [0.25, 0.3) is 0 Å². The summed E-state index contributed by atoms with van der Waals surface area (Å²) in [6.45, 7) is 2.26. The Bertz CT molecular complexity index is 828. The van der Waals surface area contributed by atoms with Gasteiger partial charge in [0.2, 0.25) is 5.91 Å². The number of carbonyl (C=O) groups excluding carboxylic acids is 2. The molecular weight excluding hydrogens is 380 g/mol. The molecule has 30 heavy (non-hydrogen) atoms. The van der Waals surface area contributed by atoms with Crippen molar-refractivity contribution >= 4 is 11.8 Å². The van der Waals surface area contributed by atoms with E-state index in [9.17, 15) is 9.59 Å². The lowest BCUT2D eigenvalue weighted by molar-refractivity contribution is -0.128. The van der Waals surface area contributed by atoms with Crippen LogP contribution in [0.1, 0.15) is 35.2 Å². The Morgan fingerprint density at radius 2 is 1.67 bits per heavy atom. The lowest BCUT2D eigenvalue weighted by Crippen LogP contribution is -2.53. The molecular formula is C24H30N2O4. The molecule has 1 heterocycles. The predicted octanol–water partition coefficient (Wildman–Crippen LogP) is 3.02. The monoisotopic (exact) mass is 410 g/mol. The Morgan fingerprint density at radius 3 is 2.27 bits per heavy atom. The van der Waals surface area contributed by atoms with Crippen molar-refractivity contribution in [2.24, 2.45) is 0 Å². The zero-order valence-electron chi connectivity index (χ0n) is 17.7. The second-order valence-corrected chi connectivity index (χ2v) is 7.57. The van der Waals surface area contributed by atoms with E-state index in [2.05, 4.69) is 5.32 Å². The van der Waals surface area contributed by atoms with E-state index >= 15 is 0 Å². The predicted molar refractivity (Wildman–Crippen MR) is 116 cm³/mol. The summed E-state index contributed by atoms with van der Waals surface area (Å²) >= 11 is 0. The van der Waals surface area contributed by atoms with Gasteiger partial charge in [0.15, 0.2) is 0 Å². The van der Waals surface area contributed by atoms with E-state index in [1.54, 1.807) is 38.5 Å². The molecule has 1 fully saturated rings. The van der Waals surface area contributed by atoms with Crippen LogP contribution >= 0.6 is 0 Å². The molecule has 0 aromatic heterocycles. The summed E-state index contributed by atoms with van der Waals surface area (Å²) in [5.74, 6) is 0.736. The van der Waals surface area contributed by atoms with Crippen molar-refractivity contribution in [1.82, 2.24) is 10.2 Å². The lowest BCUT2D eigenvalue weighted by Gasteiger charge is -2.41. The number of nitrogens with one attached hydrogen (secondary N) is 1. The van der Waals surface area contributed by atoms with Crippen LogP contribution in [-0.4, -0.2) is 57.2 Å². The SMILES string of the molecule is COCCCNC(=O)C1(c2ccccc2)CCN(C(=O)c2ccc(OC)cc2)CC1. The maximum Gasteiger partial charge on any atom is 0.253 e. The van der Waals surface area contributed by atoms with E-state index in [1.807, 2.05) is 35.2 Å². The van der Waals surface area contributed by atoms with Crippen molar-refractivity contribution in [2.75, 3.05) is 40.5 Å². The largest absolute Gasteiger partial charge is 0.497 e. The van der Waals surface area contributed by atoms with Crippen molar-refractivity contribution in [2.45, 2.75) is 24.7 Å². The van der Waals surface area contributed by atoms with Gasteiger partial charge in [-0.15, -0.1) is 0 Å². The minimum absolute atomic E-state index is 0.0141. The Balaban J connectivity index is 1.72. The number of hydrogen-bond acceptors (Lipinski definition) is 4. The van der Waals surface area contributed by atoms with E-state index in [0.29, 0.717) is 44.6 Å². The van der Waals surface area contributed by atoms with Crippen LogP contribution in [-0.2, 0) is 14.9 Å². The zero-order valence-corrected chi connectivity index (χ0v) is 17.7. The average Bonchev–Trinajstić information content (AvgIpc) is 2.82. The van der Waals surface area contributed by atoms with Gasteiger partial charge in [-0.05, 0) is 49.1 Å². The standard InChI is InChI=1S/C24H30N2O4/c1-29-18-6-15-25-23(28)24(20-7-4-3-5-8-20)13-16-26(17-14-24)22(27)19-9-11-21(30-2)12-10-19/h3-5,7-12H,6,13-18H2,1-2H3,(H,25,28). The van der Waals surface area contributed by atoms with E-state index in [1.165, 1.54) is 0 Å². The fraction of sp³-hybridized carbons (Fsp3) is 0.417. The van der Waals surface area contributed by atoms with E-state index < -0.39 is 5.41 Å². The Kier molecular flexibility index (Phi) is 7.46. The van der Waals surface area contributed by atoms with Crippen LogP contribution in [0.4, 0.5) is 0 Å². The van der Waals surface area contributed by atoms with Crippen molar-refractivity contribution in [1.29, 1.82) is 0 Å². The third-order valence-electron chi connectivity index (χ3n) is 5.81. The van der Waals surface area contributed by atoms with Gasteiger partial charge in [0.05, 0.1) is 12.5 Å². The number of nitrogens with zero attached hydrogens (tertiary/aromatic N) is 1. The fourth-order valence-electron chi connectivity index (χ4n) is 4.00. The van der Waals surface area contributed by atoms with E-state index in [0.717, 1.165) is 17.7 Å². The number of carbonyl (C=O) groups is 2. The molecule has 0 atom stereocenters. The third-order valence-corrected chi connectivity index (χ3v) is 5.81. The van der Waals surface area contributed by atoms with Crippen molar-refractivity contribution < 1.29 is 19.1 Å². The second kappa shape index (κ2) is 10.3. The van der Waals surface area contributed by atoms with Crippen molar-refractivity contribution in [3.63, 3.8) is 0 Å². The lowest BCUT2D eigenvalue weighted by atomic mass is 9.72. The highest BCUT2D eigenvalue weighted by Crippen LogP contribution is 2.36. The van der Waals surface area contributed by atoms with Gasteiger partial charge >= 0.3 is 0 Å². The molecule has 0 saturated carbocycles. The number of piperidine rings is 1. The smallest absolute Gasteiger partial charge is 0.253 e. The highest BCUT2D eigenvalue weighted by molar-refractivity contribution is 5.95. The van der Waals surface area contributed by atoms with Crippen LogP contribution in [0.2, 0.25) is 0 Å². The first kappa shape index (κ1) is 21.8. The molecule has 0 aliphatic carbocycles. The molecule has 6 nitrogen and oxygen atoms in total. The van der Waals surface area contributed by atoms with Gasteiger partial charge in [0, 0.05) is 38.9 Å². The summed E-state index contributed by atoms with van der Waals surface area (Å²) in [7, 11) is 3.26. The average molecular weight is 411 g/mol. The van der Waals surface area contributed by atoms with Crippen LogP contribution in [0.15, 0.2) is 54.6 Å². The number of methoxy groups -OCH3 is 2. The molecule has 6 heteroatoms. The summed E-state index contributed by atoms with van der Waals surface area (Å²) < 4.78 is 10.2. The number of hydrogen-bond donors (Lipinski definition) is 1.